The van der Waals surface area contributed by atoms with Crippen molar-refractivity contribution >= 4 is 53.2 Å². The Hall–Kier alpha value is -0.970. The van der Waals surface area contributed by atoms with Crippen LogP contribution in [0, 0.1) is 0 Å². The van der Waals surface area contributed by atoms with E-state index in [2.05, 4.69) is 0 Å². The molecule has 0 aliphatic heterocycles. The van der Waals surface area contributed by atoms with Crippen molar-refractivity contribution in [1.82, 2.24) is 0 Å². The molecule has 124 valence electrons. The van der Waals surface area contributed by atoms with E-state index >= 15 is 0 Å². The zero-order valence-electron chi connectivity index (χ0n) is 11.9. The predicted octanol–water partition coefficient (Wildman–Crippen LogP) is 5.25. The van der Waals surface area contributed by atoms with Crippen LogP contribution in [0.5, 0.6) is 0 Å². The van der Waals surface area contributed by atoms with Crippen LogP contribution >= 0.6 is 47.2 Å². The number of nitrogens with two attached hydrogens (primary N) is 1. The van der Waals surface area contributed by atoms with Gasteiger partial charge in [0.1, 0.15) is 0 Å². The molecule has 0 heterocycles. The van der Waals surface area contributed by atoms with Crippen molar-refractivity contribution in [3.05, 3.63) is 57.0 Å². The van der Waals surface area contributed by atoms with Crippen LogP contribution in [0.2, 0.25) is 15.1 Å². The lowest BCUT2D eigenvalue weighted by Gasteiger charge is -2.18. The van der Waals surface area contributed by atoms with Gasteiger partial charge in [-0.15, -0.1) is 12.4 Å². The number of rotatable bonds is 5. The third kappa shape index (κ3) is 5.00. The fourth-order valence-corrected chi connectivity index (χ4v) is 2.80. The summed E-state index contributed by atoms with van der Waals surface area (Å²) < 4.78 is 0. The first-order valence-corrected chi connectivity index (χ1v) is 7.72. The maximum absolute atomic E-state index is 11.0. The summed E-state index contributed by atoms with van der Waals surface area (Å²) in [5, 5.41) is 10.5. The summed E-state index contributed by atoms with van der Waals surface area (Å²) in [4.78, 5) is 11.0. The third-order valence-corrected chi connectivity index (χ3v) is 4.37. The number of hydrogen-bond acceptors (Lipinski definition) is 2. The van der Waals surface area contributed by atoms with Gasteiger partial charge in [0, 0.05) is 10.9 Å². The molecule has 0 bridgehead atoms. The molecular weight excluding hydrogens is 380 g/mol. The Morgan fingerprint density at radius 3 is 2.35 bits per heavy atom. The summed E-state index contributed by atoms with van der Waals surface area (Å²) in [5.74, 6) is -1.20. The highest BCUT2D eigenvalue weighted by molar-refractivity contribution is 6.42. The topological polar surface area (TPSA) is 63.3 Å². The lowest BCUT2D eigenvalue weighted by atomic mass is 9.88. The van der Waals surface area contributed by atoms with E-state index < -0.39 is 5.97 Å². The second kappa shape index (κ2) is 8.76. The highest BCUT2D eigenvalue weighted by Gasteiger charge is 2.19. The van der Waals surface area contributed by atoms with E-state index in [1.165, 1.54) is 0 Å². The van der Waals surface area contributed by atoms with E-state index in [0.29, 0.717) is 15.1 Å². The molecule has 7 heteroatoms. The Balaban J connectivity index is 0.00000264. The van der Waals surface area contributed by atoms with Crippen molar-refractivity contribution in [2.75, 3.05) is 6.54 Å². The number of carboxylic acids is 1. The van der Waals surface area contributed by atoms with Gasteiger partial charge >= 0.3 is 5.97 Å². The highest BCUT2D eigenvalue weighted by Crippen LogP contribution is 2.35. The van der Waals surface area contributed by atoms with E-state index in [1.807, 2.05) is 6.07 Å². The van der Waals surface area contributed by atoms with Crippen LogP contribution in [0.25, 0.3) is 11.1 Å². The first kappa shape index (κ1) is 20.1. The number of carbonyl (C=O) groups is 1. The van der Waals surface area contributed by atoms with Gasteiger partial charge in [0.2, 0.25) is 0 Å². The first-order valence-electron chi connectivity index (χ1n) is 6.59. The lowest BCUT2D eigenvalue weighted by molar-refractivity contribution is -0.137. The number of aliphatic carboxylic acids is 1. The van der Waals surface area contributed by atoms with Crippen molar-refractivity contribution < 1.29 is 9.90 Å². The molecule has 0 unspecified atom stereocenters. The Morgan fingerprint density at radius 1 is 1.09 bits per heavy atom. The fourth-order valence-electron chi connectivity index (χ4n) is 2.33. The zero-order valence-corrected chi connectivity index (χ0v) is 15.0. The van der Waals surface area contributed by atoms with Gasteiger partial charge in [-0.25, -0.2) is 0 Å². The second-order valence-electron chi connectivity index (χ2n) is 4.89. The van der Waals surface area contributed by atoms with Crippen LogP contribution in [0.15, 0.2) is 36.4 Å². The molecule has 0 aliphatic rings. The number of halogens is 4. The van der Waals surface area contributed by atoms with Crippen LogP contribution in [-0.2, 0) is 4.79 Å². The minimum atomic E-state index is -0.898. The molecule has 0 aromatic heterocycles. The molecule has 0 radical (unpaired) electrons. The van der Waals surface area contributed by atoms with Gasteiger partial charge in [-0.1, -0.05) is 46.9 Å². The Bertz CT molecular complexity index is 706. The van der Waals surface area contributed by atoms with Gasteiger partial charge in [-0.05, 0) is 47.5 Å². The predicted molar refractivity (Wildman–Crippen MR) is 98.2 cm³/mol. The van der Waals surface area contributed by atoms with Gasteiger partial charge in [0.05, 0.1) is 16.5 Å². The van der Waals surface area contributed by atoms with Crippen LogP contribution in [0.4, 0.5) is 0 Å². The minimum Gasteiger partial charge on any atom is -0.481 e. The normalized spacial score (nSPS) is 11.7. The SMILES string of the molecule is Cl.NC[C@H](CC(=O)O)c1ccc(Cl)cc1-c1ccc(Cl)c(Cl)c1. The molecule has 0 spiro atoms. The lowest BCUT2D eigenvalue weighted by Crippen LogP contribution is -2.17. The molecule has 0 saturated carbocycles. The number of benzene rings is 2. The van der Waals surface area contributed by atoms with Gasteiger partial charge in [0.25, 0.3) is 0 Å². The van der Waals surface area contributed by atoms with E-state index in [9.17, 15) is 4.79 Å². The third-order valence-electron chi connectivity index (χ3n) is 3.39. The second-order valence-corrected chi connectivity index (χ2v) is 6.14. The maximum Gasteiger partial charge on any atom is 0.304 e. The summed E-state index contributed by atoms with van der Waals surface area (Å²) in [6.45, 7) is 0.224. The monoisotopic (exact) mass is 393 g/mol. The molecular formula is C16H15Cl4NO2. The largest absolute Gasteiger partial charge is 0.481 e. The summed E-state index contributed by atoms with van der Waals surface area (Å²) >= 11 is 18.1. The molecule has 23 heavy (non-hydrogen) atoms. The molecule has 0 fully saturated rings. The van der Waals surface area contributed by atoms with Gasteiger partial charge in [-0.2, -0.15) is 0 Å². The quantitative estimate of drug-likeness (QED) is 0.727. The highest BCUT2D eigenvalue weighted by atomic mass is 35.5. The Morgan fingerprint density at radius 2 is 1.78 bits per heavy atom. The van der Waals surface area contributed by atoms with Crippen molar-refractivity contribution in [2.24, 2.45) is 5.73 Å². The van der Waals surface area contributed by atoms with Crippen molar-refractivity contribution in [1.29, 1.82) is 0 Å². The summed E-state index contributed by atoms with van der Waals surface area (Å²) in [6.07, 6.45) is -0.0492. The summed E-state index contributed by atoms with van der Waals surface area (Å²) in [6, 6.07) is 10.5. The van der Waals surface area contributed by atoms with Crippen LogP contribution in [0.1, 0.15) is 17.9 Å². The summed E-state index contributed by atoms with van der Waals surface area (Å²) in [5.41, 5.74) is 8.20. The van der Waals surface area contributed by atoms with Crippen molar-refractivity contribution in [2.45, 2.75) is 12.3 Å². The Kier molecular flexibility index (Phi) is 7.65. The number of hydrogen-bond donors (Lipinski definition) is 2. The average molecular weight is 395 g/mol. The summed E-state index contributed by atoms with van der Waals surface area (Å²) in [7, 11) is 0. The van der Waals surface area contributed by atoms with Gasteiger partial charge in [-0.3, -0.25) is 4.79 Å². The van der Waals surface area contributed by atoms with E-state index in [1.54, 1.807) is 30.3 Å². The van der Waals surface area contributed by atoms with Gasteiger partial charge < -0.3 is 10.8 Å². The van der Waals surface area contributed by atoms with Crippen LogP contribution < -0.4 is 5.73 Å². The molecule has 2 aromatic rings. The smallest absolute Gasteiger partial charge is 0.304 e. The standard InChI is InChI=1S/C16H14Cl3NO2.ClH/c17-11-2-3-12(10(8-20)6-16(21)22)13(7-11)9-1-4-14(18)15(19)5-9;/h1-5,7,10H,6,8,20H2,(H,21,22);1H/t10-;/m0./s1. The molecule has 3 N–H and O–H groups in total. The molecule has 3 nitrogen and oxygen atoms in total. The van der Waals surface area contributed by atoms with Gasteiger partial charge in [0.15, 0.2) is 0 Å². The van der Waals surface area contributed by atoms with Crippen LogP contribution in [-0.4, -0.2) is 17.6 Å². The molecule has 0 saturated heterocycles. The van der Waals surface area contributed by atoms with Crippen molar-refractivity contribution in [3.8, 4) is 11.1 Å². The van der Waals surface area contributed by atoms with Crippen molar-refractivity contribution in [3.63, 3.8) is 0 Å². The first-order chi connectivity index (χ1) is 10.4. The minimum absolute atomic E-state index is 0. The zero-order chi connectivity index (χ0) is 16.3. The van der Waals surface area contributed by atoms with E-state index in [4.69, 9.17) is 45.6 Å². The maximum atomic E-state index is 11.0. The molecule has 1 atom stereocenters. The molecule has 2 rings (SSSR count). The fraction of sp³-hybridized carbons (Fsp3) is 0.188. The molecule has 2 aromatic carbocycles. The van der Waals surface area contributed by atoms with E-state index in [-0.39, 0.29) is 31.3 Å². The average Bonchev–Trinajstić information content (AvgIpc) is 2.47. The number of carboxylic acid groups (broad SMARTS) is 1. The molecule has 0 aliphatic carbocycles. The van der Waals surface area contributed by atoms with Crippen LogP contribution in [0.3, 0.4) is 0 Å². The van der Waals surface area contributed by atoms with E-state index in [0.717, 1.165) is 16.7 Å². The molecule has 0 amide bonds. The Labute approximate surface area is 155 Å².